The van der Waals surface area contributed by atoms with Gasteiger partial charge in [-0.25, -0.2) is 4.39 Å². The molecule has 0 aromatic heterocycles. The van der Waals surface area contributed by atoms with Crippen LogP contribution in [0.1, 0.15) is 19.4 Å². The highest BCUT2D eigenvalue weighted by Gasteiger charge is 2.13. The van der Waals surface area contributed by atoms with Gasteiger partial charge in [0.05, 0.1) is 0 Å². The molecule has 0 saturated heterocycles. The van der Waals surface area contributed by atoms with E-state index in [1.165, 1.54) is 12.1 Å². The van der Waals surface area contributed by atoms with Crippen LogP contribution in [0.5, 0.6) is 0 Å². The summed E-state index contributed by atoms with van der Waals surface area (Å²) in [6, 6.07) is 4.38. The van der Waals surface area contributed by atoms with E-state index in [9.17, 15) is 9.18 Å². The molecule has 0 aliphatic heterocycles. The van der Waals surface area contributed by atoms with Gasteiger partial charge in [0, 0.05) is 18.2 Å². The van der Waals surface area contributed by atoms with Crippen LogP contribution in [0.3, 0.4) is 0 Å². The van der Waals surface area contributed by atoms with Crippen molar-refractivity contribution in [3.8, 4) is 0 Å². The van der Waals surface area contributed by atoms with Crippen LogP contribution in [-0.4, -0.2) is 19.0 Å². The predicted molar refractivity (Wildman–Crippen MR) is 67.5 cm³/mol. The monoisotopic (exact) mass is 238 g/mol. The molecule has 0 radical (unpaired) electrons. The summed E-state index contributed by atoms with van der Waals surface area (Å²) < 4.78 is 13.0. The number of carbonyl (C=O) groups is 1. The lowest BCUT2D eigenvalue weighted by atomic mass is 10.1. The SMILES string of the molecule is CCNCC(C)C(=O)Nc1cc(F)ccc1C. The zero-order chi connectivity index (χ0) is 12.8. The van der Waals surface area contributed by atoms with Crippen molar-refractivity contribution in [1.82, 2.24) is 5.32 Å². The Bertz CT molecular complexity index is 393. The largest absolute Gasteiger partial charge is 0.325 e. The van der Waals surface area contributed by atoms with E-state index >= 15 is 0 Å². The summed E-state index contributed by atoms with van der Waals surface area (Å²) >= 11 is 0. The second-order valence-electron chi connectivity index (χ2n) is 4.16. The fourth-order valence-electron chi connectivity index (χ4n) is 1.44. The highest BCUT2D eigenvalue weighted by Crippen LogP contribution is 2.16. The van der Waals surface area contributed by atoms with Gasteiger partial charge in [0.15, 0.2) is 0 Å². The minimum absolute atomic E-state index is 0.0975. The van der Waals surface area contributed by atoms with E-state index in [1.54, 1.807) is 6.07 Å². The van der Waals surface area contributed by atoms with E-state index in [-0.39, 0.29) is 17.6 Å². The molecule has 0 aliphatic rings. The molecule has 1 unspecified atom stereocenters. The van der Waals surface area contributed by atoms with Gasteiger partial charge in [-0.05, 0) is 31.2 Å². The van der Waals surface area contributed by atoms with Crippen molar-refractivity contribution in [3.05, 3.63) is 29.6 Å². The molecule has 0 heterocycles. The van der Waals surface area contributed by atoms with Gasteiger partial charge in [-0.2, -0.15) is 0 Å². The molecular formula is C13H19FN2O. The maximum absolute atomic E-state index is 13.0. The van der Waals surface area contributed by atoms with Gasteiger partial charge >= 0.3 is 0 Å². The lowest BCUT2D eigenvalue weighted by Crippen LogP contribution is -2.30. The van der Waals surface area contributed by atoms with E-state index in [1.807, 2.05) is 20.8 Å². The molecule has 0 bridgehead atoms. The maximum atomic E-state index is 13.0. The molecule has 1 rings (SSSR count). The maximum Gasteiger partial charge on any atom is 0.228 e. The minimum atomic E-state index is -0.342. The second kappa shape index (κ2) is 6.35. The van der Waals surface area contributed by atoms with E-state index in [2.05, 4.69) is 10.6 Å². The van der Waals surface area contributed by atoms with Crippen molar-refractivity contribution in [3.63, 3.8) is 0 Å². The van der Waals surface area contributed by atoms with Crippen LogP contribution >= 0.6 is 0 Å². The number of halogens is 1. The van der Waals surface area contributed by atoms with Gasteiger partial charge in [0.1, 0.15) is 5.82 Å². The van der Waals surface area contributed by atoms with Gasteiger partial charge in [-0.3, -0.25) is 4.79 Å². The Morgan fingerprint density at radius 3 is 2.82 bits per heavy atom. The Balaban J connectivity index is 2.64. The predicted octanol–water partition coefficient (Wildman–Crippen LogP) is 2.32. The Kier molecular flexibility index (Phi) is 5.10. The first-order valence-electron chi connectivity index (χ1n) is 5.82. The number of hydrogen-bond donors (Lipinski definition) is 2. The average Bonchev–Trinajstić information content (AvgIpc) is 2.30. The molecule has 1 aromatic carbocycles. The average molecular weight is 238 g/mol. The zero-order valence-corrected chi connectivity index (χ0v) is 10.5. The topological polar surface area (TPSA) is 41.1 Å². The fraction of sp³-hybridized carbons (Fsp3) is 0.462. The number of hydrogen-bond acceptors (Lipinski definition) is 2. The van der Waals surface area contributed by atoms with Gasteiger partial charge in [0.2, 0.25) is 5.91 Å². The van der Waals surface area contributed by atoms with E-state index in [0.717, 1.165) is 12.1 Å². The molecule has 1 aromatic rings. The Morgan fingerprint density at radius 2 is 2.18 bits per heavy atom. The number of amides is 1. The zero-order valence-electron chi connectivity index (χ0n) is 10.5. The molecule has 1 amide bonds. The number of benzene rings is 1. The van der Waals surface area contributed by atoms with Crippen molar-refractivity contribution in [2.45, 2.75) is 20.8 Å². The van der Waals surface area contributed by atoms with Crippen LogP contribution in [-0.2, 0) is 4.79 Å². The van der Waals surface area contributed by atoms with Gasteiger partial charge in [-0.1, -0.05) is 19.9 Å². The molecule has 0 fully saturated rings. The van der Waals surface area contributed by atoms with Crippen molar-refractivity contribution in [2.75, 3.05) is 18.4 Å². The van der Waals surface area contributed by atoms with E-state index in [0.29, 0.717) is 12.2 Å². The normalized spacial score (nSPS) is 12.2. The molecule has 0 saturated carbocycles. The standard InChI is InChI=1S/C13H19FN2O/c1-4-15-8-10(3)13(17)16-12-7-11(14)6-5-9(12)2/h5-7,10,15H,4,8H2,1-3H3,(H,16,17). The molecule has 94 valence electrons. The first kappa shape index (κ1) is 13.6. The van der Waals surface area contributed by atoms with Crippen LogP contribution in [0.4, 0.5) is 10.1 Å². The van der Waals surface area contributed by atoms with Crippen molar-refractivity contribution < 1.29 is 9.18 Å². The highest BCUT2D eigenvalue weighted by molar-refractivity contribution is 5.93. The summed E-state index contributed by atoms with van der Waals surface area (Å²) in [6.07, 6.45) is 0. The summed E-state index contributed by atoms with van der Waals surface area (Å²) in [4.78, 5) is 11.8. The molecule has 4 heteroatoms. The number of aryl methyl sites for hydroxylation is 1. The number of anilines is 1. The minimum Gasteiger partial charge on any atom is -0.325 e. The lowest BCUT2D eigenvalue weighted by molar-refractivity contribution is -0.119. The Morgan fingerprint density at radius 1 is 1.47 bits per heavy atom. The van der Waals surface area contributed by atoms with Gasteiger partial charge < -0.3 is 10.6 Å². The molecule has 3 nitrogen and oxygen atoms in total. The third kappa shape index (κ3) is 4.15. The van der Waals surface area contributed by atoms with Crippen LogP contribution in [0, 0.1) is 18.7 Å². The van der Waals surface area contributed by atoms with Gasteiger partial charge in [0.25, 0.3) is 0 Å². The third-order valence-corrected chi connectivity index (χ3v) is 2.61. The summed E-state index contributed by atoms with van der Waals surface area (Å²) in [6.45, 7) is 7.12. The second-order valence-corrected chi connectivity index (χ2v) is 4.16. The van der Waals surface area contributed by atoms with Crippen LogP contribution in [0.25, 0.3) is 0 Å². The summed E-state index contributed by atoms with van der Waals surface area (Å²) in [5, 5.41) is 5.85. The number of rotatable bonds is 5. The molecule has 17 heavy (non-hydrogen) atoms. The number of carbonyl (C=O) groups excluding carboxylic acids is 1. The summed E-state index contributed by atoms with van der Waals surface area (Å²) in [7, 11) is 0. The van der Waals surface area contributed by atoms with Gasteiger partial charge in [-0.15, -0.1) is 0 Å². The molecule has 1 atom stereocenters. The first-order chi connectivity index (χ1) is 8.04. The smallest absolute Gasteiger partial charge is 0.228 e. The van der Waals surface area contributed by atoms with Crippen LogP contribution < -0.4 is 10.6 Å². The highest BCUT2D eigenvalue weighted by atomic mass is 19.1. The Hall–Kier alpha value is -1.42. The third-order valence-electron chi connectivity index (χ3n) is 2.61. The summed E-state index contributed by atoms with van der Waals surface area (Å²) in [5.41, 5.74) is 1.40. The Labute approximate surface area is 101 Å². The molecule has 0 spiro atoms. The van der Waals surface area contributed by atoms with Crippen molar-refractivity contribution in [2.24, 2.45) is 5.92 Å². The van der Waals surface area contributed by atoms with Crippen LogP contribution in [0.15, 0.2) is 18.2 Å². The fourth-order valence-corrected chi connectivity index (χ4v) is 1.44. The van der Waals surface area contributed by atoms with E-state index in [4.69, 9.17) is 0 Å². The lowest BCUT2D eigenvalue weighted by Gasteiger charge is -2.13. The first-order valence-corrected chi connectivity index (χ1v) is 5.82. The van der Waals surface area contributed by atoms with Crippen LogP contribution in [0.2, 0.25) is 0 Å². The molecular weight excluding hydrogens is 219 g/mol. The number of nitrogens with one attached hydrogen (secondary N) is 2. The van der Waals surface area contributed by atoms with E-state index < -0.39 is 0 Å². The van der Waals surface area contributed by atoms with Crippen molar-refractivity contribution in [1.29, 1.82) is 0 Å². The quantitative estimate of drug-likeness (QED) is 0.826. The summed E-state index contributed by atoms with van der Waals surface area (Å²) in [5.74, 6) is -0.581. The molecule has 2 N–H and O–H groups in total. The molecule has 0 aliphatic carbocycles. The van der Waals surface area contributed by atoms with Crippen molar-refractivity contribution >= 4 is 11.6 Å².